The van der Waals surface area contributed by atoms with Crippen LogP contribution in [-0.2, 0) is 6.42 Å². The van der Waals surface area contributed by atoms with Crippen LogP contribution in [0.15, 0.2) is 36.4 Å². The van der Waals surface area contributed by atoms with Crippen LogP contribution in [0.5, 0.6) is 11.6 Å². The molecule has 2 aromatic rings. The highest BCUT2D eigenvalue weighted by molar-refractivity contribution is 6.29. The molecule has 6 nitrogen and oxygen atoms in total. The van der Waals surface area contributed by atoms with Gasteiger partial charge in [0.2, 0.25) is 5.88 Å². The van der Waals surface area contributed by atoms with E-state index in [0.29, 0.717) is 12.2 Å². The zero-order valence-electron chi connectivity index (χ0n) is 10.3. The van der Waals surface area contributed by atoms with E-state index in [0.717, 1.165) is 11.6 Å². The van der Waals surface area contributed by atoms with Gasteiger partial charge in [-0.25, -0.2) is 4.98 Å². The van der Waals surface area contributed by atoms with Gasteiger partial charge >= 0.3 is 0 Å². The van der Waals surface area contributed by atoms with Crippen LogP contribution >= 0.6 is 11.6 Å². The fourth-order valence-electron chi connectivity index (χ4n) is 1.59. The summed E-state index contributed by atoms with van der Waals surface area (Å²) in [5, 5.41) is 19.5. The molecular weight excluding hydrogens is 284 g/mol. The van der Waals surface area contributed by atoms with Crippen LogP contribution in [0.1, 0.15) is 5.56 Å². The highest BCUT2D eigenvalue weighted by Gasteiger charge is 2.11. The van der Waals surface area contributed by atoms with Crippen molar-refractivity contribution in [3.05, 3.63) is 57.2 Å². The molecule has 0 bridgehead atoms. The second-order valence-electron chi connectivity index (χ2n) is 3.96. The molecule has 1 N–H and O–H groups in total. The minimum Gasteiger partial charge on any atom is -0.439 e. The third-order valence-corrected chi connectivity index (χ3v) is 2.71. The van der Waals surface area contributed by atoms with Crippen molar-refractivity contribution in [3.8, 4) is 11.6 Å². The van der Waals surface area contributed by atoms with Gasteiger partial charge in [-0.05, 0) is 24.1 Å². The van der Waals surface area contributed by atoms with Crippen molar-refractivity contribution < 1.29 is 14.8 Å². The Labute approximate surface area is 119 Å². The van der Waals surface area contributed by atoms with E-state index in [1.54, 1.807) is 24.3 Å². The van der Waals surface area contributed by atoms with Crippen LogP contribution in [0.2, 0.25) is 5.15 Å². The number of rotatable bonds is 5. The largest absolute Gasteiger partial charge is 0.439 e. The van der Waals surface area contributed by atoms with Crippen molar-refractivity contribution in [3.63, 3.8) is 0 Å². The maximum Gasteiger partial charge on any atom is 0.277 e. The summed E-state index contributed by atoms with van der Waals surface area (Å²) in [4.78, 5) is 14.0. The minimum atomic E-state index is -0.565. The molecule has 20 heavy (non-hydrogen) atoms. The summed E-state index contributed by atoms with van der Waals surface area (Å²) < 4.78 is 5.42. The maximum absolute atomic E-state index is 10.7. The Morgan fingerprint density at radius 3 is 2.60 bits per heavy atom. The van der Waals surface area contributed by atoms with Gasteiger partial charge in [-0.2, -0.15) is 0 Å². The summed E-state index contributed by atoms with van der Waals surface area (Å²) in [6, 6.07) is 9.33. The molecule has 0 saturated carbocycles. The molecule has 0 amide bonds. The van der Waals surface area contributed by atoms with Crippen molar-refractivity contribution >= 4 is 17.3 Å². The van der Waals surface area contributed by atoms with Crippen molar-refractivity contribution in [1.82, 2.24) is 4.98 Å². The molecule has 0 aliphatic heterocycles. The Balaban J connectivity index is 2.19. The average Bonchev–Trinajstić information content (AvgIpc) is 2.40. The van der Waals surface area contributed by atoms with Gasteiger partial charge in [0.25, 0.3) is 5.69 Å². The Morgan fingerprint density at radius 2 is 2.00 bits per heavy atom. The fourth-order valence-corrected chi connectivity index (χ4v) is 1.79. The Bertz CT molecular complexity index is 616. The monoisotopic (exact) mass is 294 g/mol. The fraction of sp³-hybridized carbons (Fsp3) is 0.154. The molecule has 1 aromatic carbocycles. The first-order valence-electron chi connectivity index (χ1n) is 5.78. The predicted octanol–water partition coefficient (Wildman–Crippen LogP) is 2.97. The zero-order valence-corrected chi connectivity index (χ0v) is 11.1. The van der Waals surface area contributed by atoms with E-state index in [-0.39, 0.29) is 23.3 Å². The van der Waals surface area contributed by atoms with Gasteiger partial charge in [0.05, 0.1) is 17.1 Å². The molecule has 0 fully saturated rings. The first-order chi connectivity index (χ1) is 9.58. The van der Waals surface area contributed by atoms with E-state index in [4.69, 9.17) is 21.4 Å². The van der Waals surface area contributed by atoms with Crippen LogP contribution in [0, 0.1) is 10.1 Å². The van der Waals surface area contributed by atoms with Crippen molar-refractivity contribution in [2.24, 2.45) is 0 Å². The van der Waals surface area contributed by atoms with Crippen LogP contribution in [0.25, 0.3) is 0 Å². The van der Waals surface area contributed by atoms with Crippen molar-refractivity contribution in [2.75, 3.05) is 6.61 Å². The molecule has 1 heterocycles. The Hall–Kier alpha value is -2.18. The van der Waals surface area contributed by atoms with E-state index in [1.165, 1.54) is 6.07 Å². The number of aliphatic hydroxyl groups is 1. The van der Waals surface area contributed by atoms with Crippen molar-refractivity contribution in [2.45, 2.75) is 6.42 Å². The molecule has 0 radical (unpaired) electrons. The Morgan fingerprint density at radius 1 is 1.30 bits per heavy atom. The van der Waals surface area contributed by atoms with Gasteiger partial charge in [0, 0.05) is 6.61 Å². The minimum absolute atomic E-state index is 0.00824. The molecule has 0 saturated heterocycles. The number of aliphatic hydroxyl groups excluding tert-OH is 1. The standard InChI is InChI=1S/C13H11ClN2O4/c14-12-7-10(16(18)19)8-13(15-12)20-11-3-1-9(2-4-11)5-6-17/h1-4,7-8,17H,5-6H2. The van der Waals surface area contributed by atoms with Crippen LogP contribution in [0.4, 0.5) is 5.69 Å². The number of halogens is 1. The normalized spacial score (nSPS) is 10.3. The third-order valence-electron chi connectivity index (χ3n) is 2.51. The molecule has 104 valence electrons. The van der Waals surface area contributed by atoms with Gasteiger partial charge in [0.1, 0.15) is 10.9 Å². The summed E-state index contributed by atoms with van der Waals surface area (Å²) in [6.07, 6.45) is 0.557. The van der Waals surface area contributed by atoms with E-state index in [1.807, 2.05) is 0 Å². The number of hydrogen-bond donors (Lipinski definition) is 1. The van der Waals surface area contributed by atoms with Gasteiger partial charge in [-0.1, -0.05) is 23.7 Å². The third kappa shape index (κ3) is 3.66. The first kappa shape index (κ1) is 14.2. The number of pyridine rings is 1. The van der Waals surface area contributed by atoms with Crippen LogP contribution < -0.4 is 4.74 Å². The quantitative estimate of drug-likeness (QED) is 0.520. The number of nitrogens with zero attached hydrogens (tertiary/aromatic N) is 2. The highest BCUT2D eigenvalue weighted by Crippen LogP contribution is 2.26. The molecule has 0 unspecified atom stereocenters. The smallest absolute Gasteiger partial charge is 0.277 e. The maximum atomic E-state index is 10.7. The van der Waals surface area contributed by atoms with E-state index in [2.05, 4.69) is 4.98 Å². The molecule has 2 rings (SSSR count). The summed E-state index contributed by atoms with van der Waals surface area (Å²) >= 11 is 5.70. The summed E-state index contributed by atoms with van der Waals surface area (Å²) in [5.74, 6) is 0.537. The number of hydrogen-bond acceptors (Lipinski definition) is 5. The second kappa shape index (κ2) is 6.31. The predicted molar refractivity (Wildman–Crippen MR) is 73.2 cm³/mol. The highest BCUT2D eigenvalue weighted by atomic mass is 35.5. The van der Waals surface area contributed by atoms with E-state index in [9.17, 15) is 10.1 Å². The van der Waals surface area contributed by atoms with Crippen LogP contribution in [0.3, 0.4) is 0 Å². The lowest BCUT2D eigenvalue weighted by atomic mass is 10.1. The molecular formula is C13H11ClN2O4. The van der Waals surface area contributed by atoms with Gasteiger partial charge in [0.15, 0.2) is 0 Å². The summed E-state index contributed by atoms with van der Waals surface area (Å²) in [5.41, 5.74) is 0.779. The number of ether oxygens (including phenoxy) is 1. The lowest BCUT2D eigenvalue weighted by Crippen LogP contribution is -1.94. The average molecular weight is 295 g/mol. The molecule has 1 aromatic heterocycles. The lowest BCUT2D eigenvalue weighted by molar-refractivity contribution is -0.385. The summed E-state index contributed by atoms with van der Waals surface area (Å²) in [7, 11) is 0. The van der Waals surface area contributed by atoms with Gasteiger partial charge in [-0.15, -0.1) is 0 Å². The second-order valence-corrected chi connectivity index (χ2v) is 4.35. The molecule has 0 spiro atoms. The molecule has 7 heteroatoms. The first-order valence-corrected chi connectivity index (χ1v) is 6.16. The number of benzene rings is 1. The van der Waals surface area contributed by atoms with Crippen molar-refractivity contribution in [1.29, 1.82) is 0 Å². The topological polar surface area (TPSA) is 85.5 Å². The van der Waals surface area contributed by atoms with E-state index >= 15 is 0 Å². The molecule has 0 atom stereocenters. The van der Waals surface area contributed by atoms with Gasteiger partial charge < -0.3 is 9.84 Å². The summed E-state index contributed by atoms with van der Waals surface area (Å²) in [6.45, 7) is 0.0717. The van der Waals surface area contributed by atoms with Gasteiger partial charge in [-0.3, -0.25) is 10.1 Å². The van der Waals surface area contributed by atoms with E-state index < -0.39 is 4.92 Å². The zero-order chi connectivity index (χ0) is 14.5. The SMILES string of the molecule is O=[N+]([O-])c1cc(Cl)nc(Oc2ccc(CCO)cc2)c1. The Kier molecular flexibility index (Phi) is 4.49. The number of aromatic nitrogens is 1. The lowest BCUT2D eigenvalue weighted by Gasteiger charge is -2.06. The van der Waals surface area contributed by atoms with Crippen LogP contribution in [-0.4, -0.2) is 21.6 Å². The molecule has 0 aliphatic rings. The molecule has 0 aliphatic carbocycles. The number of nitro groups is 1.